The zero-order valence-corrected chi connectivity index (χ0v) is 9.16. The number of sulfonamides is 1. The number of rotatable bonds is 4. The average Bonchev–Trinajstić information content (AvgIpc) is 2.17. The summed E-state index contributed by atoms with van der Waals surface area (Å²) >= 11 is 0. The van der Waals surface area contributed by atoms with Crippen molar-refractivity contribution in [2.24, 2.45) is 0 Å². The summed E-state index contributed by atoms with van der Waals surface area (Å²) in [4.78, 5) is 0.0998. The van der Waals surface area contributed by atoms with Crippen LogP contribution in [0.1, 0.15) is 6.92 Å². The van der Waals surface area contributed by atoms with Crippen molar-refractivity contribution in [1.82, 2.24) is 4.72 Å². The Morgan fingerprint density at radius 3 is 2.73 bits per heavy atom. The summed E-state index contributed by atoms with van der Waals surface area (Å²) < 4.78 is 25.7. The summed E-state index contributed by atoms with van der Waals surface area (Å²) in [5, 5.41) is 8.75. The van der Waals surface area contributed by atoms with Gasteiger partial charge in [0.1, 0.15) is 0 Å². The molecule has 6 heteroatoms. The van der Waals surface area contributed by atoms with E-state index in [-0.39, 0.29) is 11.5 Å². The van der Waals surface area contributed by atoms with Crippen molar-refractivity contribution < 1.29 is 13.5 Å². The molecule has 0 saturated heterocycles. The minimum absolute atomic E-state index is 0.0998. The van der Waals surface area contributed by atoms with Gasteiger partial charge in [-0.25, -0.2) is 13.1 Å². The molecule has 0 aliphatic heterocycles. The van der Waals surface area contributed by atoms with Gasteiger partial charge in [0.05, 0.1) is 11.5 Å². The lowest BCUT2D eigenvalue weighted by Gasteiger charge is -2.11. The first-order chi connectivity index (χ1) is 6.95. The van der Waals surface area contributed by atoms with Gasteiger partial charge >= 0.3 is 0 Å². The third-order valence-corrected chi connectivity index (χ3v) is 3.39. The third kappa shape index (κ3) is 3.19. The molecule has 0 unspecified atom stereocenters. The van der Waals surface area contributed by atoms with Crippen molar-refractivity contribution in [3.63, 3.8) is 0 Å². The van der Waals surface area contributed by atoms with Gasteiger partial charge in [-0.2, -0.15) is 0 Å². The van der Waals surface area contributed by atoms with Crippen LogP contribution in [0.2, 0.25) is 0 Å². The lowest BCUT2D eigenvalue weighted by molar-refractivity contribution is 0.265. The molecule has 1 atom stereocenters. The van der Waals surface area contributed by atoms with Crippen molar-refractivity contribution in [3.05, 3.63) is 24.3 Å². The fraction of sp³-hybridized carbons (Fsp3) is 0.333. The summed E-state index contributed by atoms with van der Waals surface area (Å²) in [6, 6.07) is 5.47. The Morgan fingerprint density at radius 1 is 1.53 bits per heavy atom. The van der Waals surface area contributed by atoms with Gasteiger partial charge in [-0.15, -0.1) is 0 Å². The van der Waals surface area contributed by atoms with Gasteiger partial charge in [0.2, 0.25) is 10.0 Å². The van der Waals surface area contributed by atoms with E-state index >= 15 is 0 Å². The van der Waals surface area contributed by atoms with Crippen LogP contribution in [-0.4, -0.2) is 26.2 Å². The smallest absolute Gasteiger partial charge is 0.240 e. The summed E-state index contributed by atoms with van der Waals surface area (Å²) in [5.41, 5.74) is 5.86. The molecule has 1 rings (SSSR count). The quantitative estimate of drug-likeness (QED) is 0.631. The van der Waals surface area contributed by atoms with Gasteiger partial charge in [-0.3, -0.25) is 0 Å². The predicted molar refractivity (Wildman–Crippen MR) is 57.7 cm³/mol. The Hall–Kier alpha value is -1.11. The molecule has 0 spiro atoms. The number of hydrogen-bond donors (Lipinski definition) is 3. The summed E-state index contributed by atoms with van der Waals surface area (Å²) in [6.45, 7) is 1.32. The molecular formula is C9H14N2O3S. The highest BCUT2D eigenvalue weighted by Crippen LogP contribution is 2.12. The molecule has 0 aromatic heterocycles. The number of benzene rings is 1. The molecule has 0 aliphatic carbocycles. The van der Waals surface area contributed by atoms with Gasteiger partial charge in [-0.05, 0) is 25.1 Å². The normalized spacial score (nSPS) is 13.7. The highest BCUT2D eigenvalue weighted by atomic mass is 32.2. The molecule has 0 fully saturated rings. The summed E-state index contributed by atoms with van der Waals surface area (Å²) in [6.07, 6.45) is 0. The molecule has 0 saturated carbocycles. The zero-order chi connectivity index (χ0) is 11.5. The minimum atomic E-state index is -3.58. The fourth-order valence-corrected chi connectivity index (χ4v) is 2.34. The van der Waals surface area contributed by atoms with Crippen LogP contribution in [0.4, 0.5) is 5.69 Å². The van der Waals surface area contributed by atoms with Gasteiger partial charge in [0.15, 0.2) is 0 Å². The van der Waals surface area contributed by atoms with E-state index in [4.69, 9.17) is 10.8 Å². The third-order valence-electron chi connectivity index (χ3n) is 1.80. The van der Waals surface area contributed by atoms with Crippen LogP contribution in [0.25, 0.3) is 0 Å². The van der Waals surface area contributed by atoms with Crippen molar-refractivity contribution in [3.8, 4) is 0 Å². The van der Waals surface area contributed by atoms with Crippen LogP contribution >= 0.6 is 0 Å². The van der Waals surface area contributed by atoms with Crippen LogP contribution < -0.4 is 10.5 Å². The average molecular weight is 230 g/mol. The van der Waals surface area contributed by atoms with Crippen molar-refractivity contribution >= 4 is 15.7 Å². The van der Waals surface area contributed by atoms with E-state index in [1.165, 1.54) is 12.1 Å². The Balaban J connectivity index is 2.96. The Labute approximate surface area is 89.0 Å². The maximum Gasteiger partial charge on any atom is 0.240 e. The van der Waals surface area contributed by atoms with Crippen molar-refractivity contribution in [1.29, 1.82) is 0 Å². The van der Waals surface area contributed by atoms with E-state index in [1.54, 1.807) is 19.1 Å². The Bertz CT molecular complexity index is 431. The van der Waals surface area contributed by atoms with Gasteiger partial charge in [0.25, 0.3) is 0 Å². The first-order valence-electron chi connectivity index (χ1n) is 4.44. The second-order valence-electron chi connectivity index (χ2n) is 3.28. The van der Waals surface area contributed by atoms with E-state index < -0.39 is 16.1 Å². The van der Waals surface area contributed by atoms with Crippen LogP contribution in [0, 0.1) is 0 Å². The van der Waals surface area contributed by atoms with Crippen molar-refractivity contribution in [2.75, 3.05) is 12.3 Å². The Kier molecular flexibility index (Phi) is 3.67. The predicted octanol–water partition coefficient (Wildman–Crippen LogP) is -0.0721. The molecule has 84 valence electrons. The SMILES string of the molecule is C[C@@H](CO)NS(=O)(=O)c1cccc(N)c1. The molecule has 15 heavy (non-hydrogen) atoms. The van der Waals surface area contributed by atoms with E-state index in [9.17, 15) is 8.42 Å². The number of aliphatic hydroxyl groups excluding tert-OH is 1. The molecule has 0 bridgehead atoms. The summed E-state index contributed by atoms with van der Waals surface area (Å²) in [5.74, 6) is 0. The van der Waals surface area contributed by atoms with Crippen LogP contribution in [-0.2, 0) is 10.0 Å². The number of nitrogen functional groups attached to an aromatic ring is 1. The molecule has 0 aliphatic rings. The number of aliphatic hydroxyl groups is 1. The number of nitrogens with one attached hydrogen (secondary N) is 1. The molecule has 0 amide bonds. The van der Waals surface area contributed by atoms with Crippen molar-refractivity contribution in [2.45, 2.75) is 17.9 Å². The van der Waals surface area contributed by atoms with Gasteiger partial charge in [-0.1, -0.05) is 6.07 Å². The molecule has 0 heterocycles. The molecule has 0 radical (unpaired) electrons. The first-order valence-corrected chi connectivity index (χ1v) is 5.93. The zero-order valence-electron chi connectivity index (χ0n) is 8.34. The van der Waals surface area contributed by atoms with Crippen LogP contribution in [0.5, 0.6) is 0 Å². The molecular weight excluding hydrogens is 216 g/mol. The van der Waals surface area contributed by atoms with Crippen LogP contribution in [0.3, 0.4) is 0 Å². The largest absolute Gasteiger partial charge is 0.399 e. The summed E-state index contributed by atoms with van der Waals surface area (Å²) in [7, 11) is -3.58. The topological polar surface area (TPSA) is 92.4 Å². The van der Waals surface area contributed by atoms with E-state index in [0.717, 1.165) is 0 Å². The molecule has 4 N–H and O–H groups in total. The van der Waals surface area contributed by atoms with E-state index in [2.05, 4.69) is 4.72 Å². The standard InChI is InChI=1S/C9H14N2O3S/c1-7(6-12)11-15(13,14)9-4-2-3-8(10)5-9/h2-5,7,11-12H,6,10H2,1H3/t7-/m0/s1. The highest BCUT2D eigenvalue weighted by Gasteiger charge is 2.16. The first kappa shape index (κ1) is 12.0. The van der Waals surface area contributed by atoms with Gasteiger partial charge in [0, 0.05) is 11.7 Å². The maximum absolute atomic E-state index is 11.7. The number of nitrogens with two attached hydrogens (primary N) is 1. The second kappa shape index (κ2) is 4.61. The monoisotopic (exact) mass is 230 g/mol. The maximum atomic E-state index is 11.7. The molecule has 1 aromatic carbocycles. The highest BCUT2D eigenvalue weighted by molar-refractivity contribution is 7.89. The van der Waals surface area contributed by atoms with E-state index in [1.807, 2.05) is 0 Å². The molecule has 1 aromatic rings. The lowest BCUT2D eigenvalue weighted by atomic mass is 10.3. The van der Waals surface area contributed by atoms with Crippen LogP contribution in [0.15, 0.2) is 29.2 Å². The minimum Gasteiger partial charge on any atom is -0.399 e. The van der Waals surface area contributed by atoms with Gasteiger partial charge < -0.3 is 10.8 Å². The lowest BCUT2D eigenvalue weighted by Crippen LogP contribution is -2.34. The number of anilines is 1. The second-order valence-corrected chi connectivity index (χ2v) is 4.99. The van der Waals surface area contributed by atoms with E-state index in [0.29, 0.717) is 5.69 Å². The molecule has 5 nitrogen and oxygen atoms in total. The Morgan fingerprint density at radius 2 is 2.20 bits per heavy atom. The number of hydrogen-bond acceptors (Lipinski definition) is 4. The fourth-order valence-electron chi connectivity index (χ4n) is 1.05.